The molecule has 1 aromatic carbocycles. The molecule has 0 bridgehead atoms. The zero-order chi connectivity index (χ0) is 31.5. The summed E-state index contributed by atoms with van der Waals surface area (Å²) in [4.78, 5) is 0. The number of hydrogen-bond donors (Lipinski definition) is 1. The number of nitriles is 1. The minimum absolute atomic E-state index is 0.0277. The SMILES string of the molecule is C=C[C@H]1C=C[C@H]2[C@@H]3C[C@H](C)CC[C@H]3[C@H](O)[C@@H]2[C@H]1/C(OCOC)=C(\C#N)C[C@@H](Cc1ccc(I)cc1)O[Si](C)(C)C(C)(C)C. The van der Waals surface area contributed by atoms with Gasteiger partial charge in [-0.25, -0.2) is 0 Å². The van der Waals surface area contributed by atoms with Gasteiger partial charge in [-0.15, -0.1) is 6.58 Å². The van der Waals surface area contributed by atoms with Gasteiger partial charge in [-0.3, -0.25) is 0 Å². The van der Waals surface area contributed by atoms with Gasteiger partial charge in [0.2, 0.25) is 0 Å². The van der Waals surface area contributed by atoms with Crippen molar-refractivity contribution < 1.29 is 19.0 Å². The summed E-state index contributed by atoms with van der Waals surface area (Å²) in [5.74, 6) is 2.06. The van der Waals surface area contributed by atoms with Crippen molar-refractivity contribution >= 4 is 30.9 Å². The Labute approximate surface area is 275 Å². The van der Waals surface area contributed by atoms with Crippen LogP contribution in [0.15, 0.2) is 60.4 Å². The lowest BCUT2D eigenvalue weighted by molar-refractivity contribution is -0.0290. The molecule has 3 aliphatic carbocycles. The van der Waals surface area contributed by atoms with Gasteiger partial charge in [-0.05, 0) is 101 Å². The van der Waals surface area contributed by atoms with E-state index in [2.05, 4.69) is 112 Å². The Balaban J connectivity index is 1.77. The van der Waals surface area contributed by atoms with Gasteiger partial charge in [0.1, 0.15) is 5.76 Å². The number of methoxy groups -OCH3 is 1. The summed E-state index contributed by atoms with van der Waals surface area (Å²) in [6.07, 6.45) is 10.4. The maximum Gasteiger partial charge on any atom is 0.192 e. The van der Waals surface area contributed by atoms with Gasteiger partial charge in [-0.2, -0.15) is 5.26 Å². The summed E-state index contributed by atoms with van der Waals surface area (Å²) in [7, 11) is -0.549. The van der Waals surface area contributed by atoms with Crippen LogP contribution in [0.2, 0.25) is 18.1 Å². The molecule has 0 radical (unpaired) electrons. The highest BCUT2D eigenvalue weighted by Gasteiger charge is 2.56. The van der Waals surface area contributed by atoms with Crippen LogP contribution < -0.4 is 0 Å². The molecule has 0 spiro atoms. The Kier molecular flexibility index (Phi) is 11.5. The van der Waals surface area contributed by atoms with Crippen LogP contribution in [0.3, 0.4) is 0 Å². The Hall–Kier alpha value is -1.44. The predicted octanol–water partition coefficient (Wildman–Crippen LogP) is 8.66. The van der Waals surface area contributed by atoms with E-state index in [1.165, 1.54) is 9.13 Å². The van der Waals surface area contributed by atoms with E-state index in [1.54, 1.807) is 7.11 Å². The Morgan fingerprint density at radius 1 is 1.19 bits per heavy atom. The molecule has 7 heteroatoms. The van der Waals surface area contributed by atoms with Gasteiger partial charge < -0.3 is 19.0 Å². The lowest BCUT2D eigenvalue weighted by atomic mass is 9.67. The molecular weight excluding hydrogens is 665 g/mol. The van der Waals surface area contributed by atoms with Crippen molar-refractivity contribution in [3.8, 4) is 6.07 Å². The molecule has 2 saturated carbocycles. The van der Waals surface area contributed by atoms with Crippen molar-refractivity contribution in [1.82, 2.24) is 0 Å². The molecule has 3 aliphatic rings. The number of allylic oxidation sites excluding steroid dienone is 4. The lowest BCUT2D eigenvalue weighted by Gasteiger charge is -2.41. The summed E-state index contributed by atoms with van der Waals surface area (Å²) in [5, 5.41) is 22.7. The predicted molar refractivity (Wildman–Crippen MR) is 184 cm³/mol. The maximum absolute atomic E-state index is 11.9. The van der Waals surface area contributed by atoms with Gasteiger partial charge in [0.05, 0.1) is 23.9 Å². The highest BCUT2D eigenvalue weighted by molar-refractivity contribution is 14.1. The Morgan fingerprint density at radius 3 is 2.49 bits per heavy atom. The van der Waals surface area contributed by atoms with Gasteiger partial charge in [0, 0.05) is 34.9 Å². The first kappa shape index (κ1) is 34.4. The average molecular weight is 718 g/mol. The maximum atomic E-state index is 11.9. The van der Waals surface area contributed by atoms with Crippen LogP contribution in [0, 0.1) is 56.3 Å². The van der Waals surface area contributed by atoms with Crippen molar-refractivity contribution in [1.29, 1.82) is 5.26 Å². The third kappa shape index (κ3) is 7.69. The number of nitrogens with zero attached hydrogens (tertiary/aromatic N) is 1. The first-order chi connectivity index (χ1) is 20.3. The minimum atomic E-state index is -2.16. The van der Waals surface area contributed by atoms with E-state index in [-0.39, 0.29) is 47.5 Å². The van der Waals surface area contributed by atoms with Crippen LogP contribution in [-0.4, -0.2) is 39.5 Å². The fourth-order valence-corrected chi connectivity index (χ4v) is 9.33. The molecule has 0 unspecified atom stereocenters. The number of aliphatic hydroxyl groups excluding tert-OH is 1. The third-order valence-corrected chi connectivity index (χ3v) is 16.0. The second-order valence-electron chi connectivity index (χ2n) is 14.7. The summed E-state index contributed by atoms with van der Waals surface area (Å²) in [6, 6.07) is 11.1. The molecule has 1 aromatic rings. The molecule has 9 atom stereocenters. The van der Waals surface area contributed by atoms with E-state index in [0.717, 1.165) is 19.3 Å². The van der Waals surface area contributed by atoms with Gasteiger partial charge >= 0.3 is 0 Å². The van der Waals surface area contributed by atoms with E-state index in [9.17, 15) is 10.4 Å². The van der Waals surface area contributed by atoms with Crippen LogP contribution in [0.1, 0.15) is 58.9 Å². The summed E-state index contributed by atoms with van der Waals surface area (Å²) in [5.41, 5.74) is 1.78. The lowest BCUT2D eigenvalue weighted by Crippen LogP contribution is -2.44. The van der Waals surface area contributed by atoms with Crippen molar-refractivity contribution in [2.75, 3.05) is 13.9 Å². The summed E-state index contributed by atoms with van der Waals surface area (Å²) < 4.78 is 20.1. The normalized spacial score (nSPS) is 31.8. The van der Waals surface area contributed by atoms with Crippen LogP contribution in [0.25, 0.3) is 0 Å². The smallest absolute Gasteiger partial charge is 0.192 e. The monoisotopic (exact) mass is 717 g/mol. The first-order valence-electron chi connectivity index (χ1n) is 16.0. The van der Waals surface area contributed by atoms with E-state index in [4.69, 9.17) is 13.9 Å². The van der Waals surface area contributed by atoms with Crippen molar-refractivity contribution in [3.63, 3.8) is 0 Å². The molecular formula is C36H52INO4Si. The zero-order valence-corrected chi connectivity index (χ0v) is 30.3. The summed E-state index contributed by atoms with van der Waals surface area (Å²) in [6.45, 7) is 17.9. The molecule has 0 aliphatic heterocycles. The Morgan fingerprint density at radius 2 is 1.88 bits per heavy atom. The van der Waals surface area contributed by atoms with Gasteiger partial charge in [-0.1, -0.05) is 64.5 Å². The highest BCUT2D eigenvalue weighted by Crippen LogP contribution is 2.58. The molecule has 2 fully saturated rings. The zero-order valence-electron chi connectivity index (χ0n) is 27.2. The van der Waals surface area contributed by atoms with Crippen LogP contribution in [-0.2, 0) is 20.3 Å². The molecule has 0 aromatic heterocycles. The average Bonchev–Trinajstić information content (AvgIpc) is 3.23. The van der Waals surface area contributed by atoms with Gasteiger partial charge in [0.15, 0.2) is 15.1 Å². The Bertz CT molecular complexity index is 1210. The summed E-state index contributed by atoms with van der Waals surface area (Å²) >= 11 is 2.33. The topological polar surface area (TPSA) is 71.7 Å². The molecule has 4 rings (SSSR count). The molecule has 236 valence electrons. The van der Waals surface area contributed by atoms with Crippen LogP contribution in [0.5, 0.6) is 0 Å². The number of rotatable bonds is 11. The molecule has 0 heterocycles. The van der Waals surface area contributed by atoms with E-state index < -0.39 is 14.4 Å². The fourth-order valence-electron chi connectivity index (χ4n) is 7.61. The second-order valence-corrected chi connectivity index (χ2v) is 20.7. The number of ether oxygens (including phenoxy) is 2. The number of fused-ring (bicyclic) bond motifs is 3. The third-order valence-electron chi connectivity index (χ3n) is 10.8. The largest absolute Gasteiger partial charge is 0.471 e. The number of halogens is 1. The first-order valence-corrected chi connectivity index (χ1v) is 20.0. The number of benzene rings is 1. The van der Waals surface area contributed by atoms with Crippen molar-refractivity contribution in [2.45, 2.75) is 90.1 Å². The highest BCUT2D eigenvalue weighted by atomic mass is 127. The standard InChI is InChI=1S/C36H52INO4Si/c1-9-25-13-17-29-31-18-23(2)10-16-30(31)34(39)33(29)32(25)35(41-22-40-6)26(21-38)20-28(42-43(7,8)36(3,4)5)19-24-11-14-27(37)15-12-24/h9,11-15,17,23,25,28-34,39H,1,10,16,18-20,22H2,2-8H3/b35-26+/t23-,25+,28-,29+,30-,31+,32+,33+,34+/m1/s1. The quantitative estimate of drug-likeness (QED) is 0.0620. The van der Waals surface area contributed by atoms with E-state index in [0.29, 0.717) is 36.0 Å². The van der Waals surface area contributed by atoms with E-state index >= 15 is 0 Å². The minimum Gasteiger partial charge on any atom is -0.471 e. The molecule has 0 amide bonds. The van der Waals surface area contributed by atoms with E-state index in [1.807, 2.05) is 6.08 Å². The number of aliphatic hydroxyl groups is 1. The fraction of sp³-hybridized carbons (Fsp3) is 0.639. The molecule has 43 heavy (non-hydrogen) atoms. The number of hydrogen-bond acceptors (Lipinski definition) is 5. The van der Waals surface area contributed by atoms with Gasteiger partial charge in [0.25, 0.3) is 0 Å². The second kappa shape index (κ2) is 14.3. The van der Waals surface area contributed by atoms with Crippen LogP contribution >= 0.6 is 22.6 Å². The van der Waals surface area contributed by atoms with Crippen LogP contribution in [0.4, 0.5) is 0 Å². The molecule has 0 saturated heterocycles. The van der Waals surface area contributed by atoms with Crippen molar-refractivity contribution in [3.05, 3.63) is 69.5 Å². The molecule has 5 nitrogen and oxygen atoms in total. The van der Waals surface area contributed by atoms with Crippen molar-refractivity contribution in [2.24, 2.45) is 41.4 Å². The molecule has 1 N–H and O–H groups in total.